The number of aromatic amines is 1. The van der Waals surface area contributed by atoms with Crippen molar-refractivity contribution in [1.82, 2.24) is 19.9 Å². The number of H-pyrrole nitrogens is 1. The van der Waals surface area contributed by atoms with Gasteiger partial charge < -0.3 is 14.5 Å². The van der Waals surface area contributed by atoms with Gasteiger partial charge in [0.05, 0.1) is 30.0 Å². The first-order valence-electron chi connectivity index (χ1n) is 9.72. The standard InChI is InChI=1S/C22H17BrF4N4O2/c1-32-17-8-15(33-11-14-4-3-13(10-28-14)22(25,26)27)5-6-16(17)19-20(23)31-21(30-19)12-2-7-18(24)29-9-12/h2-5,7-10,16H,6,11H2,1H3,(H,30,31). The minimum absolute atomic E-state index is 0.0115. The van der Waals surface area contributed by atoms with Gasteiger partial charge in [0.15, 0.2) is 0 Å². The first-order valence-corrected chi connectivity index (χ1v) is 10.5. The zero-order valence-electron chi connectivity index (χ0n) is 17.2. The third-order valence-corrected chi connectivity index (χ3v) is 5.60. The molecule has 0 radical (unpaired) electrons. The van der Waals surface area contributed by atoms with Crippen LogP contribution in [-0.2, 0) is 22.3 Å². The minimum atomic E-state index is -4.43. The molecule has 3 aromatic rings. The molecule has 0 aliphatic heterocycles. The van der Waals surface area contributed by atoms with Gasteiger partial charge in [-0.25, -0.2) is 9.97 Å². The SMILES string of the molecule is COC1=CC(OCc2ccc(C(F)(F)F)cn2)=CCC1c1[nH]c(-c2ccc(F)nc2)nc1Br. The van der Waals surface area contributed by atoms with Crippen LogP contribution in [0.4, 0.5) is 17.6 Å². The van der Waals surface area contributed by atoms with E-state index < -0.39 is 17.7 Å². The van der Waals surface area contributed by atoms with Crippen LogP contribution >= 0.6 is 15.9 Å². The number of halogens is 5. The summed E-state index contributed by atoms with van der Waals surface area (Å²) in [5, 5.41) is 0. The molecule has 3 aromatic heterocycles. The van der Waals surface area contributed by atoms with Crippen LogP contribution in [0.5, 0.6) is 0 Å². The van der Waals surface area contributed by atoms with Crippen LogP contribution in [0.1, 0.15) is 29.3 Å². The Morgan fingerprint density at radius 1 is 1.15 bits per heavy atom. The fourth-order valence-electron chi connectivity index (χ4n) is 3.30. The molecule has 1 aliphatic carbocycles. The second-order valence-electron chi connectivity index (χ2n) is 7.13. The number of nitrogens with one attached hydrogen (secondary N) is 1. The predicted octanol–water partition coefficient (Wildman–Crippen LogP) is 5.91. The van der Waals surface area contributed by atoms with Crippen LogP contribution in [0.15, 0.2) is 64.9 Å². The van der Waals surface area contributed by atoms with Crippen molar-refractivity contribution in [1.29, 1.82) is 0 Å². The highest BCUT2D eigenvalue weighted by Gasteiger charge is 2.31. The van der Waals surface area contributed by atoms with Crippen LogP contribution in [0.2, 0.25) is 0 Å². The van der Waals surface area contributed by atoms with Crippen molar-refractivity contribution < 1.29 is 27.0 Å². The van der Waals surface area contributed by atoms with E-state index in [1.165, 1.54) is 25.4 Å². The van der Waals surface area contributed by atoms with Crippen molar-refractivity contribution >= 4 is 15.9 Å². The van der Waals surface area contributed by atoms with Gasteiger partial charge in [-0.05, 0) is 52.7 Å². The molecule has 1 N–H and O–H groups in total. The molecule has 0 bridgehead atoms. The van der Waals surface area contributed by atoms with Crippen molar-refractivity contribution in [3.8, 4) is 11.4 Å². The minimum Gasteiger partial charge on any atom is -0.500 e. The highest BCUT2D eigenvalue weighted by molar-refractivity contribution is 9.10. The van der Waals surface area contributed by atoms with Gasteiger partial charge in [-0.15, -0.1) is 0 Å². The highest BCUT2D eigenvalue weighted by atomic mass is 79.9. The third-order valence-electron chi connectivity index (χ3n) is 4.99. The van der Waals surface area contributed by atoms with Gasteiger partial charge in [0, 0.05) is 24.0 Å². The van der Waals surface area contributed by atoms with E-state index in [9.17, 15) is 17.6 Å². The summed E-state index contributed by atoms with van der Waals surface area (Å²) in [4.78, 5) is 15.1. The van der Waals surface area contributed by atoms with Crippen molar-refractivity contribution in [2.75, 3.05) is 7.11 Å². The lowest BCUT2D eigenvalue weighted by atomic mass is 9.95. The summed E-state index contributed by atoms with van der Waals surface area (Å²) in [6.07, 6.45) is 1.83. The van der Waals surface area contributed by atoms with E-state index in [1.807, 2.05) is 6.08 Å². The summed E-state index contributed by atoms with van der Waals surface area (Å²) < 4.78 is 62.9. The third kappa shape index (κ3) is 5.24. The Morgan fingerprint density at radius 3 is 2.61 bits per heavy atom. The Hall–Kier alpha value is -3.21. The zero-order chi connectivity index (χ0) is 23.6. The topological polar surface area (TPSA) is 72.9 Å². The molecule has 172 valence electrons. The number of hydrogen-bond acceptors (Lipinski definition) is 5. The second kappa shape index (κ2) is 9.34. The van der Waals surface area contributed by atoms with Crippen molar-refractivity contribution in [3.05, 3.63) is 87.8 Å². The van der Waals surface area contributed by atoms with Gasteiger partial charge in [-0.2, -0.15) is 17.6 Å². The van der Waals surface area contributed by atoms with Crippen LogP contribution in [-0.4, -0.2) is 27.0 Å². The number of ether oxygens (including phenoxy) is 2. The van der Waals surface area contributed by atoms with Gasteiger partial charge in [-0.3, -0.25) is 4.98 Å². The van der Waals surface area contributed by atoms with Gasteiger partial charge in [-0.1, -0.05) is 0 Å². The van der Waals surface area contributed by atoms with Gasteiger partial charge >= 0.3 is 6.18 Å². The number of nitrogens with zero attached hydrogens (tertiary/aromatic N) is 3. The molecule has 6 nitrogen and oxygen atoms in total. The lowest BCUT2D eigenvalue weighted by molar-refractivity contribution is -0.137. The number of allylic oxidation sites excluding steroid dienone is 3. The fraction of sp³-hybridized carbons (Fsp3) is 0.227. The van der Waals surface area contributed by atoms with Gasteiger partial charge in [0.25, 0.3) is 0 Å². The van der Waals surface area contributed by atoms with Crippen LogP contribution in [0, 0.1) is 5.95 Å². The summed E-state index contributed by atoms with van der Waals surface area (Å²) in [6, 6.07) is 5.08. The molecule has 4 rings (SSSR count). The van der Waals surface area contributed by atoms with Gasteiger partial charge in [0.1, 0.15) is 28.6 Å². The maximum absolute atomic E-state index is 13.1. The molecule has 0 aromatic carbocycles. The van der Waals surface area contributed by atoms with E-state index in [0.717, 1.165) is 18.0 Å². The molecule has 0 saturated heterocycles. The number of alkyl halides is 3. The maximum Gasteiger partial charge on any atom is 0.417 e. The molecule has 33 heavy (non-hydrogen) atoms. The van der Waals surface area contributed by atoms with Crippen LogP contribution < -0.4 is 0 Å². The Kier molecular flexibility index (Phi) is 6.50. The lowest BCUT2D eigenvalue weighted by Gasteiger charge is -2.22. The smallest absolute Gasteiger partial charge is 0.417 e. The molecule has 0 fully saturated rings. The maximum atomic E-state index is 13.1. The molecule has 0 amide bonds. The van der Waals surface area contributed by atoms with E-state index in [-0.39, 0.29) is 12.5 Å². The molecule has 3 heterocycles. The van der Waals surface area contributed by atoms with Crippen molar-refractivity contribution in [3.63, 3.8) is 0 Å². The lowest BCUT2D eigenvalue weighted by Crippen LogP contribution is -2.11. The average molecular weight is 525 g/mol. The van der Waals surface area contributed by atoms with E-state index in [0.29, 0.717) is 39.6 Å². The van der Waals surface area contributed by atoms with Crippen molar-refractivity contribution in [2.45, 2.75) is 25.1 Å². The summed E-state index contributed by atoms with van der Waals surface area (Å²) >= 11 is 3.46. The monoisotopic (exact) mass is 524 g/mol. The molecule has 11 heteroatoms. The number of rotatable bonds is 6. The zero-order valence-corrected chi connectivity index (χ0v) is 18.7. The van der Waals surface area contributed by atoms with E-state index >= 15 is 0 Å². The van der Waals surface area contributed by atoms with Gasteiger partial charge in [0.2, 0.25) is 5.95 Å². The number of methoxy groups -OCH3 is 1. The first kappa shape index (κ1) is 23.0. The molecule has 0 spiro atoms. The Balaban J connectivity index is 1.46. The van der Waals surface area contributed by atoms with Crippen LogP contribution in [0.25, 0.3) is 11.4 Å². The average Bonchev–Trinajstić information content (AvgIpc) is 3.19. The summed E-state index contributed by atoms with van der Waals surface area (Å²) in [5.74, 6) is 0.893. The van der Waals surface area contributed by atoms with E-state index in [1.54, 1.807) is 12.1 Å². The largest absolute Gasteiger partial charge is 0.500 e. The number of pyridine rings is 2. The van der Waals surface area contributed by atoms with E-state index in [4.69, 9.17) is 9.47 Å². The van der Waals surface area contributed by atoms with E-state index in [2.05, 4.69) is 35.9 Å². The number of aromatic nitrogens is 4. The Labute approximate surface area is 194 Å². The number of imidazole rings is 1. The van der Waals surface area contributed by atoms with Crippen LogP contribution in [0.3, 0.4) is 0 Å². The normalized spacial score (nSPS) is 16.2. The predicted molar refractivity (Wildman–Crippen MR) is 114 cm³/mol. The molecule has 1 atom stereocenters. The quantitative estimate of drug-likeness (QED) is 0.320. The summed E-state index contributed by atoms with van der Waals surface area (Å²) in [6.45, 7) is 0.0115. The number of hydrogen-bond donors (Lipinski definition) is 1. The van der Waals surface area contributed by atoms with Crippen molar-refractivity contribution in [2.24, 2.45) is 0 Å². The molecule has 1 aliphatic rings. The Bertz CT molecular complexity index is 1190. The molecular formula is C22H17BrF4N4O2. The Morgan fingerprint density at radius 2 is 1.97 bits per heavy atom. The second-order valence-corrected chi connectivity index (χ2v) is 7.88. The molecular weight excluding hydrogens is 508 g/mol. The first-order chi connectivity index (χ1) is 15.7. The fourth-order valence-corrected chi connectivity index (χ4v) is 3.85. The highest BCUT2D eigenvalue weighted by Crippen LogP contribution is 2.37. The molecule has 1 unspecified atom stereocenters. The summed E-state index contributed by atoms with van der Waals surface area (Å²) in [5.41, 5.74) is 0.952. The summed E-state index contributed by atoms with van der Waals surface area (Å²) in [7, 11) is 1.54. The molecule has 0 saturated carbocycles.